The topological polar surface area (TPSA) is 108 Å². The Morgan fingerprint density at radius 1 is 1.32 bits per heavy atom. The number of carbonyl (C=O) groups excluding carboxylic acids is 1. The molecule has 0 aliphatic carbocycles. The number of halogens is 1. The summed E-state index contributed by atoms with van der Waals surface area (Å²) in [6.07, 6.45) is 1.32. The number of aromatic amines is 2. The SMILES string of the molecule is O=C(NCc1ccc(Br)s1)c1cnc2[nH]c(=O)[nH]c(=O)c2c1. The van der Waals surface area contributed by atoms with E-state index in [1.165, 1.54) is 23.6 Å². The number of carbonyl (C=O) groups is 1. The van der Waals surface area contributed by atoms with E-state index in [4.69, 9.17) is 0 Å². The Bertz CT molecular complexity index is 975. The maximum Gasteiger partial charge on any atom is 0.327 e. The van der Waals surface area contributed by atoms with Gasteiger partial charge in [0.2, 0.25) is 0 Å². The number of hydrogen-bond acceptors (Lipinski definition) is 5. The molecule has 0 saturated heterocycles. The second kappa shape index (κ2) is 5.85. The van der Waals surface area contributed by atoms with Gasteiger partial charge in [0.15, 0.2) is 0 Å². The number of hydrogen-bond donors (Lipinski definition) is 3. The molecule has 0 bridgehead atoms. The van der Waals surface area contributed by atoms with Crippen molar-refractivity contribution in [1.29, 1.82) is 0 Å². The molecule has 0 saturated carbocycles. The van der Waals surface area contributed by atoms with E-state index in [0.29, 0.717) is 6.54 Å². The second-order valence-electron chi connectivity index (χ2n) is 4.42. The van der Waals surface area contributed by atoms with E-state index < -0.39 is 11.2 Å². The van der Waals surface area contributed by atoms with Crippen LogP contribution in [0.1, 0.15) is 15.2 Å². The highest BCUT2D eigenvalue weighted by Gasteiger charge is 2.10. The third kappa shape index (κ3) is 3.00. The largest absolute Gasteiger partial charge is 0.347 e. The van der Waals surface area contributed by atoms with Gasteiger partial charge >= 0.3 is 5.69 Å². The molecule has 9 heteroatoms. The number of H-pyrrole nitrogens is 2. The molecule has 1 amide bonds. The molecule has 7 nitrogen and oxygen atoms in total. The summed E-state index contributed by atoms with van der Waals surface area (Å²) in [5.41, 5.74) is -0.818. The van der Waals surface area contributed by atoms with Crippen LogP contribution < -0.4 is 16.6 Å². The van der Waals surface area contributed by atoms with Crippen LogP contribution >= 0.6 is 27.3 Å². The molecule has 0 aromatic carbocycles. The average molecular weight is 381 g/mol. The Kier molecular flexibility index (Phi) is 3.90. The first-order valence-corrected chi connectivity index (χ1v) is 7.78. The summed E-state index contributed by atoms with van der Waals surface area (Å²) in [7, 11) is 0. The highest BCUT2D eigenvalue weighted by atomic mass is 79.9. The quantitative estimate of drug-likeness (QED) is 0.637. The highest BCUT2D eigenvalue weighted by Crippen LogP contribution is 2.21. The van der Waals surface area contributed by atoms with Crippen LogP contribution in [0.4, 0.5) is 0 Å². The van der Waals surface area contributed by atoms with Gasteiger partial charge in [0.1, 0.15) is 5.65 Å². The first-order valence-electron chi connectivity index (χ1n) is 6.18. The first kappa shape index (κ1) is 14.7. The minimum absolute atomic E-state index is 0.146. The molecule has 0 radical (unpaired) electrons. The van der Waals surface area contributed by atoms with Crippen molar-refractivity contribution in [3.63, 3.8) is 0 Å². The van der Waals surface area contributed by atoms with E-state index in [1.807, 2.05) is 12.1 Å². The zero-order valence-corrected chi connectivity index (χ0v) is 13.4. The van der Waals surface area contributed by atoms with Crippen molar-refractivity contribution in [2.75, 3.05) is 0 Å². The molecule has 3 N–H and O–H groups in total. The number of pyridine rings is 1. The Balaban J connectivity index is 1.85. The van der Waals surface area contributed by atoms with Crippen LogP contribution in [0.25, 0.3) is 11.0 Å². The number of nitrogens with zero attached hydrogens (tertiary/aromatic N) is 1. The van der Waals surface area contributed by atoms with Gasteiger partial charge in [0.25, 0.3) is 11.5 Å². The van der Waals surface area contributed by atoms with E-state index in [-0.39, 0.29) is 22.5 Å². The summed E-state index contributed by atoms with van der Waals surface area (Å²) >= 11 is 4.88. The van der Waals surface area contributed by atoms with Crippen LogP contribution in [-0.4, -0.2) is 20.9 Å². The van der Waals surface area contributed by atoms with Crippen LogP contribution in [0.2, 0.25) is 0 Å². The fourth-order valence-electron chi connectivity index (χ4n) is 1.89. The van der Waals surface area contributed by atoms with E-state index in [0.717, 1.165) is 8.66 Å². The Labute approximate surface area is 135 Å². The second-order valence-corrected chi connectivity index (χ2v) is 6.96. The van der Waals surface area contributed by atoms with Gasteiger partial charge in [-0.2, -0.15) is 0 Å². The summed E-state index contributed by atoms with van der Waals surface area (Å²) < 4.78 is 0.986. The first-order chi connectivity index (χ1) is 10.5. The average Bonchev–Trinajstić information content (AvgIpc) is 2.90. The van der Waals surface area contributed by atoms with Gasteiger partial charge in [-0.15, -0.1) is 11.3 Å². The number of thiophene rings is 1. The summed E-state index contributed by atoms with van der Waals surface area (Å²) in [5, 5.41) is 2.91. The van der Waals surface area contributed by atoms with Gasteiger partial charge in [0, 0.05) is 11.1 Å². The van der Waals surface area contributed by atoms with E-state index in [2.05, 4.69) is 36.2 Å². The van der Waals surface area contributed by atoms with Crippen LogP contribution in [0.3, 0.4) is 0 Å². The molecule has 0 aliphatic heterocycles. The van der Waals surface area contributed by atoms with Gasteiger partial charge in [-0.25, -0.2) is 9.78 Å². The summed E-state index contributed by atoms with van der Waals surface area (Å²) in [6, 6.07) is 5.21. The Morgan fingerprint density at radius 3 is 2.86 bits per heavy atom. The predicted octanol–water partition coefficient (Wildman–Crippen LogP) is 1.37. The zero-order chi connectivity index (χ0) is 15.7. The predicted molar refractivity (Wildman–Crippen MR) is 86.2 cm³/mol. The normalized spacial score (nSPS) is 10.8. The standard InChI is InChI=1S/C13H9BrN4O3S/c14-9-2-1-7(22-9)5-16-11(19)6-3-8-10(15-4-6)17-13(21)18-12(8)20/h1-4H,5H2,(H,16,19)(H2,15,17,18,20,21). The Hall–Kier alpha value is -2.26. The highest BCUT2D eigenvalue weighted by molar-refractivity contribution is 9.11. The molecule has 112 valence electrons. The molecular weight excluding hydrogens is 372 g/mol. The lowest BCUT2D eigenvalue weighted by molar-refractivity contribution is 0.0951. The molecule has 3 aromatic rings. The lowest BCUT2D eigenvalue weighted by atomic mass is 10.2. The van der Waals surface area contributed by atoms with Gasteiger partial charge in [-0.3, -0.25) is 19.6 Å². The van der Waals surface area contributed by atoms with Gasteiger partial charge < -0.3 is 5.32 Å². The van der Waals surface area contributed by atoms with Crippen molar-refractivity contribution < 1.29 is 4.79 Å². The van der Waals surface area contributed by atoms with Crippen molar-refractivity contribution >= 4 is 44.2 Å². The number of amides is 1. The molecule has 0 fully saturated rings. The fourth-order valence-corrected chi connectivity index (χ4v) is 3.31. The minimum atomic E-state index is -0.634. The van der Waals surface area contributed by atoms with Crippen molar-refractivity contribution in [3.05, 3.63) is 59.5 Å². The number of rotatable bonds is 3. The van der Waals surface area contributed by atoms with Gasteiger partial charge in [-0.05, 0) is 34.1 Å². The lowest BCUT2D eigenvalue weighted by Crippen LogP contribution is -2.25. The lowest BCUT2D eigenvalue weighted by Gasteiger charge is -2.04. The van der Waals surface area contributed by atoms with Crippen LogP contribution in [0, 0.1) is 0 Å². The van der Waals surface area contributed by atoms with E-state index >= 15 is 0 Å². The number of nitrogens with one attached hydrogen (secondary N) is 3. The fraction of sp³-hybridized carbons (Fsp3) is 0.0769. The van der Waals surface area contributed by atoms with Crippen LogP contribution in [-0.2, 0) is 6.54 Å². The van der Waals surface area contributed by atoms with E-state index in [1.54, 1.807) is 0 Å². The summed E-state index contributed by atoms with van der Waals surface area (Å²) in [5.74, 6) is -0.343. The molecule has 0 aliphatic rings. The van der Waals surface area contributed by atoms with Crippen molar-refractivity contribution in [1.82, 2.24) is 20.3 Å². The maximum atomic E-state index is 12.1. The maximum absolute atomic E-state index is 12.1. The minimum Gasteiger partial charge on any atom is -0.347 e. The van der Waals surface area contributed by atoms with Crippen LogP contribution in [0.15, 0.2) is 37.8 Å². The molecule has 0 spiro atoms. The summed E-state index contributed by atoms with van der Waals surface area (Å²) in [4.78, 5) is 44.4. The van der Waals surface area contributed by atoms with E-state index in [9.17, 15) is 14.4 Å². The number of aromatic nitrogens is 3. The van der Waals surface area contributed by atoms with Crippen LogP contribution in [0.5, 0.6) is 0 Å². The number of fused-ring (bicyclic) bond motifs is 1. The van der Waals surface area contributed by atoms with Crippen molar-refractivity contribution in [3.8, 4) is 0 Å². The smallest absolute Gasteiger partial charge is 0.327 e. The third-order valence-corrected chi connectivity index (χ3v) is 4.53. The van der Waals surface area contributed by atoms with Crippen molar-refractivity contribution in [2.45, 2.75) is 6.54 Å². The van der Waals surface area contributed by atoms with Gasteiger partial charge in [-0.1, -0.05) is 0 Å². The Morgan fingerprint density at radius 2 is 2.14 bits per heavy atom. The molecule has 0 atom stereocenters. The van der Waals surface area contributed by atoms with Crippen molar-refractivity contribution in [2.24, 2.45) is 0 Å². The molecule has 3 rings (SSSR count). The zero-order valence-electron chi connectivity index (χ0n) is 11.0. The van der Waals surface area contributed by atoms with Gasteiger partial charge in [0.05, 0.1) is 21.3 Å². The molecule has 3 aromatic heterocycles. The molecular formula is C13H9BrN4O3S. The monoisotopic (exact) mass is 380 g/mol. The molecule has 22 heavy (non-hydrogen) atoms. The third-order valence-electron chi connectivity index (χ3n) is 2.91. The molecule has 3 heterocycles. The summed E-state index contributed by atoms with van der Waals surface area (Å²) in [6.45, 7) is 0.384. The molecule has 0 unspecified atom stereocenters.